The highest BCUT2D eigenvalue weighted by Crippen LogP contribution is 2.18. The van der Waals surface area contributed by atoms with Gasteiger partial charge in [0.25, 0.3) is 0 Å². The minimum Gasteiger partial charge on any atom is -0.364 e. The smallest absolute Gasteiger partial charge is 0.146 e. The summed E-state index contributed by atoms with van der Waals surface area (Å²) in [6.45, 7) is 4.74. The molecule has 0 fully saturated rings. The van der Waals surface area contributed by atoms with Gasteiger partial charge in [0.05, 0.1) is 6.54 Å². The SMILES string of the molecule is CCn1ncnc1CN(CCCN)c1cccc(F)c1. The van der Waals surface area contributed by atoms with Crippen LogP contribution in [0.5, 0.6) is 0 Å². The number of benzene rings is 1. The van der Waals surface area contributed by atoms with Gasteiger partial charge in [-0.25, -0.2) is 14.1 Å². The Bertz CT molecular complexity index is 540. The van der Waals surface area contributed by atoms with Gasteiger partial charge in [-0.1, -0.05) is 6.07 Å². The Kier molecular flexibility index (Phi) is 5.06. The molecule has 2 rings (SSSR count). The quantitative estimate of drug-likeness (QED) is 0.838. The zero-order valence-corrected chi connectivity index (χ0v) is 11.7. The largest absolute Gasteiger partial charge is 0.364 e. The fraction of sp³-hybridized carbons (Fsp3) is 0.429. The second-order valence-corrected chi connectivity index (χ2v) is 4.54. The zero-order chi connectivity index (χ0) is 14.4. The van der Waals surface area contributed by atoms with E-state index < -0.39 is 0 Å². The Labute approximate surface area is 118 Å². The summed E-state index contributed by atoms with van der Waals surface area (Å²) in [5, 5.41) is 4.16. The number of nitrogens with zero attached hydrogens (tertiary/aromatic N) is 4. The van der Waals surface area contributed by atoms with E-state index in [0.717, 1.165) is 31.0 Å². The van der Waals surface area contributed by atoms with Crippen molar-refractivity contribution in [1.29, 1.82) is 0 Å². The normalized spacial score (nSPS) is 10.8. The van der Waals surface area contributed by atoms with Crippen LogP contribution < -0.4 is 10.6 Å². The molecule has 2 N–H and O–H groups in total. The molecular weight excluding hydrogens is 257 g/mol. The maximum Gasteiger partial charge on any atom is 0.146 e. The molecule has 0 radical (unpaired) electrons. The van der Waals surface area contributed by atoms with Crippen molar-refractivity contribution in [2.45, 2.75) is 26.4 Å². The highest BCUT2D eigenvalue weighted by atomic mass is 19.1. The Balaban J connectivity index is 2.19. The molecule has 0 bridgehead atoms. The lowest BCUT2D eigenvalue weighted by Gasteiger charge is -2.24. The first kappa shape index (κ1) is 14.5. The molecular formula is C14H20FN5. The Morgan fingerprint density at radius 3 is 2.95 bits per heavy atom. The van der Waals surface area contributed by atoms with E-state index in [9.17, 15) is 4.39 Å². The van der Waals surface area contributed by atoms with Crippen LogP contribution in [-0.2, 0) is 13.1 Å². The van der Waals surface area contributed by atoms with Gasteiger partial charge in [-0.3, -0.25) is 0 Å². The van der Waals surface area contributed by atoms with E-state index in [2.05, 4.69) is 15.0 Å². The fourth-order valence-electron chi connectivity index (χ4n) is 2.10. The van der Waals surface area contributed by atoms with Crippen LogP contribution in [0.3, 0.4) is 0 Å². The molecule has 0 amide bonds. The summed E-state index contributed by atoms with van der Waals surface area (Å²) >= 11 is 0. The van der Waals surface area contributed by atoms with Crippen LogP contribution in [-0.4, -0.2) is 27.9 Å². The summed E-state index contributed by atoms with van der Waals surface area (Å²) in [5.74, 6) is 0.631. The third-order valence-electron chi connectivity index (χ3n) is 3.13. The van der Waals surface area contributed by atoms with Gasteiger partial charge in [-0.2, -0.15) is 5.10 Å². The van der Waals surface area contributed by atoms with Gasteiger partial charge >= 0.3 is 0 Å². The number of hydrogen-bond donors (Lipinski definition) is 1. The molecule has 2 aromatic rings. The maximum atomic E-state index is 13.4. The molecule has 0 aliphatic carbocycles. The predicted molar refractivity (Wildman–Crippen MR) is 76.8 cm³/mol. The standard InChI is InChI=1S/C14H20FN5/c1-2-20-14(17-11-18-20)10-19(8-4-7-16)13-6-3-5-12(15)9-13/h3,5-6,9,11H,2,4,7-8,10,16H2,1H3. The molecule has 0 unspecified atom stereocenters. The Morgan fingerprint density at radius 2 is 2.25 bits per heavy atom. The molecule has 0 aliphatic rings. The maximum absolute atomic E-state index is 13.4. The van der Waals surface area contributed by atoms with E-state index in [1.165, 1.54) is 12.1 Å². The molecule has 0 saturated carbocycles. The summed E-state index contributed by atoms with van der Waals surface area (Å²) in [7, 11) is 0. The lowest BCUT2D eigenvalue weighted by molar-refractivity contribution is 0.595. The molecule has 0 aliphatic heterocycles. The fourth-order valence-corrected chi connectivity index (χ4v) is 2.10. The summed E-state index contributed by atoms with van der Waals surface area (Å²) < 4.78 is 15.2. The first-order valence-electron chi connectivity index (χ1n) is 6.82. The van der Waals surface area contributed by atoms with Crippen LogP contribution in [0.2, 0.25) is 0 Å². The molecule has 1 heterocycles. The predicted octanol–water partition coefficient (Wildman–Crippen LogP) is 1.79. The number of aromatic nitrogens is 3. The van der Waals surface area contributed by atoms with Gasteiger partial charge < -0.3 is 10.6 Å². The first-order valence-corrected chi connectivity index (χ1v) is 6.82. The number of rotatable bonds is 7. The molecule has 6 heteroatoms. The second-order valence-electron chi connectivity index (χ2n) is 4.54. The van der Waals surface area contributed by atoms with Crippen LogP contribution in [0.4, 0.5) is 10.1 Å². The van der Waals surface area contributed by atoms with E-state index in [0.29, 0.717) is 13.1 Å². The molecule has 1 aromatic carbocycles. The number of nitrogens with two attached hydrogens (primary N) is 1. The molecule has 5 nitrogen and oxygen atoms in total. The summed E-state index contributed by atoms with van der Waals surface area (Å²) in [6.07, 6.45) is 2.39. The van der Waals surface area contributed by atoms with Crippen LogP contribution in [0.15, 0.2) is 30.6 Å². The molecule has 20 heavy (non-hydrogen) atoms. The van der Waals surface area contributed by atoms with E-state index in [1.54, 1.807) is 12.4 Å². The number of hydrogen-bond acceptors (Lipinski definition) is 4. The first-order chi connectivity index (χ1) is 9.74. The number of anilines is 1. The molecule has 1 aromatic heterocycles. The van der Waals surface area contributed by atoms with Crippen LogP contribution in [0.1, 0.15) is 19.2 Å². The van der Waals surface area contributed by atoms with Crippen molar-refractivity contribution in [3.8, 4) is 0 Å². The van der Waals surface area contributed by atoms with E-state index in [1.807, 2.05) is 17.7 Å². The van der Waals surface area contributed by atoms with Crippen molar-refractivity contribution < 1.29 is 4.39 Å². The topological polar surface area (TPSA) is 60.0 Å². The van der Waals surface area contributed by atoms with Crippen molar-refractivity contribution in [1.82, 2.24) is 14.8 Å². The number of halogens is 1. The van der Waals surface area contributed by atoms with Gasteiger partial charge in [0.15, 0.2) is 0 Å². The van der Waals surface area contributed by atoms with Gasteiger partial charge in [-0.05, 0) is 38.1 Å². The van der Waals surface area contributed by atoms with E-state index >= 15 is 0 Å². The molecule has 108 valence electrons. The Hall–Kier alpha value is -1.95. The van der Waals surface area contributed by atoms with Gasteiger partial charge in [-0.15, -0.1) is 0 Å². The zero-order valence-electron chi connectivity index (χ0n) is 11.7. The highest BCUT2D eigenvalue weighted by molar-refractivity contribution is 5.46. The highest BCUT2D eigenvalue weighted by Gasteiger charge is 2.11. The van der Waals surface area contributed by atoms with Crippen molar-refractivity contribution >= 4 is 5.69 Å². The van der Waals surface area contributed by atoms with Crippen molar-refractivity contribution in [3.63, 3.8) is 0 Å². The van der Waals surface area contributed by atoms with Crippen LogP contribution in [0, 0.1) is 5.82 Å². The van der Waals surface area contributed by atoms with Crippen molar-refractivity contribution in [3.05, 3.63) is 42.2 Å². The third-order valence-corrected chi connectivity index (χ3v) is 3.13. The molecule has 0 saturated heterocycles. The lowest BCUT2D eigenvalue weighted by Crippen LogP contribution is -2.27. The Morgan fingerprint density at radius 1 is 1.40 bits per heavy atom. The third kappa shape index (κ3) is 3.54. The van der Waals surface area contributed by atoms with Gasteiger partial charge in [0.2, 0.25) is 0 Å². The van der Waals surface area contributed by atoms with Crippen LogP contribution in [0.25, 0.3) is 0 Å². The monoisotopic (exact) mass is 277 g/mol. The van der Waals surface area contributed by atoms with Gasteiger partial charge in [0.1, 0.15) is 18.0 Å². The minimum absolute atomic E-state index is 0.239. The summed E-state index contributed by atoms with van der Waals surface area (Å²) in [4.78, 5) is 6.34. The van der Waals surface area contributed by atoms with Crippen molar-refractivity contribution in [2.24, 2.45) is 5.73 Å². The average molecular weight is 277 g/mol. The summed E-state index contributed by atoms with van der Waals surface area (Å²) in [5.41, 5.74) is 6.42. The summed E-state index contributed by atoms with van der Waals surface area (Å²) in [6, 6.07) is 6.58. The van der Waals surface area contributed by atoms with Crippen molar-refractivity contribution in [2.75, 3.05) is 18.0 Å². The second kappa shape index (κ2) is 7.00. The van der Waals surface area contributed by atoms with E-state index in [-0.39, 0.29) is 5.82 Å². The number of aryl methyl sites for hydroxylation is 1. The van der Waals surface area contributed by atoms with Gasteiger partial charge in [0, 0.05) is 18.8 Å². The molecule has 0 atom stereocenters. The molecule has 0 spiro atoms. The van der Waals surface area contributed by atoms with Crippen LogP contribution >= 0.6 is 0 Å². The minimum atomic E-state index is -0.239. The lowest BCUT2D eigenvalue weighted by atomic mass is 10.2. The average Bonchev–Trinajstić information content (AvgIpc) is 2.90. The van der Waals surface area contributed by atoms with E-state index in [4.69, 9.17) is 5.73 Å².